The van der Waals surface area contributed by atoms with E-state index in [2.05, 4.69) is 10.3 Å². The number of nitrogen functional groups attached to an aromatic ring is 1. The first-order valence-corrected chi connectivity index (χ1v) is 6.68. The zero-order chi connectivity index (χ0) is 13.2. The predicted molar refractivity (Wildman–Crippen MR) is 80.3 cm³/mol. The highest BCUT2D eigenvalue weighted by atomic mass is 32.1. The van der Waals surface area contributed by atoms with E-state index in [9.17, 15) is 0 Å². The largest absolute Gasteiger partial charge is 0.497 e. The third kappa shape index (κ3) is 2.20. The molecule has 0 aliphatic heterocycles. The molecular weight excluding hydrogens is 258 g/mol. The highest BCUT2D eigenvalue weighted by Crippen LogP contribution is 2.32. The Morgan fingerprint density at radius 1 is 1.26 bits per heavy atom. The molecule has 0 fully saturated rings. The van der Waals surface area contributed by atoms with Crippen molar-refractivity contribution >= 4 is 38.6 Å². The molecule has 3 rings (SSSR count). The normalized spacial score (nSPS) is 10.6. The van der Waals surface area contributed by atoms with Gasteiger partial charge >= 0.3 is 0 Å². The van der Waals surface area contributed by atoms with Gasteiger partial charge in [-0.05, 0) is 24.3 Å². The van der Waals surface area contributed by atoms with Gasteiger partial charge in [0.2, 0.25) is 0 Å². The summed E-state index contributed by atoms with van der Waals surface area (Å²) in [5, 5.41) is 3.29. The van der Waals surface area contributed by atoms with E-state index in [1.165, 1.54) is 0 Å². The predicted octanol–water partition coefficient (Wildman–Crippen LogP) is 3.63. The van der Waals surface area contributed by atoms with Crippen LogP contribution in [-0.4, -0.2) is 12.1 Å². The fraction of sp³-hybridized carbons (Fsp3) is 0.0714. The summed E-state index contributed by atoms with van der Waals surface area (Å²) in [5.74, 6) is 0.804. The number of hydrogen-bond acceptors (Lipinski definition) is 5. The molecule has 0 aliphatic rings. The third-order valence-electron chi connectivity index (χ3n) is 2.89. The van der Waals surface area contributed by atoms with Crippen LogP contribution in [0.2, 0.25) is 0 Å². The zero-order valence-corrected chi connectivity index (χ0v) is 11.2. The Kier molecular flexibility index (Phi) is 2.97. The second-order valence-electron chi connectivity index (χ2n) is 4.08. The van der Waals surface area contributed by atoms with Crippen LogP contribution in [0, 0.1) is 0 Å². The summed E-state index contributed by atoms with van der Waals surface area (Å²) < 4.78 is 6.29. The van der Waals surface area contributed by atoms with Crippen molar-refractivity contribution in [3.8, 4) is 5.75 Å². The number of hydrogen-bond donors (Lipinski definition) is 2. The van der Waals surface area contributed by atoms with Gasteiger partial charge in [0, 0.05) is 11.8 Å². The van der Waals surface area contributed by atoms with Crippen LogP contribution in [-0.2, 0) is 0 Å². The SMILES string of the molecule is COc1cccc(Nc2ccc3scnc3c2N)c1. The van der Waals surface area contributed by atoms with Crippen LogP contribution in [0.1, 0.15) is 0 Å². The van der Waals surface area contributed by atoms with Gasteiger partial charge in [0.25, 0.3) is 0 Å². The van der Waals surface area contributed by atoms with Gasteiger partial charge in [-0.2, -0.15) is 0 Å². The maximum Gasteiger partial charge on any atom is 0.120 e. The molecule has 0 unspecified atom stereocenters. The number of nitrogens with two attached hydrogens (primary N) is 1. The average molecular weight is 271 g/mol. The molecule has 1 aromatic heterocycles. The lowest BCUT2D eigenvalue weighted by Gasteiger charge is -2.10. The lowest BCUT2D eigenvalue weighted by Crippen LogP contribution is -1.97. The third-order valence-corrected chi connectivity index (χ3v) is 3.68. The maximum absolute atomic E-state index is 6.13. The Balaban J connectivity index is 1.98. The van der Waals surface area contributed by atoms with Crippen molar-refractivity contribution in [3.63, 3.8) is 0 Å². The van der Waals surface area contributed by atoms with Crippen molar-refractivity contribution in [1.29, 1.82) is 0 Å². The van der Waals surface area contributed by atoms with Gasteiger partial charge in [-0.25, -0.2) is 4.98 Å². The minimum Gasteiger partial charge on any atom is -0.497 e. The van der Waals surface area contributed by atoms with E-state index >= 15 is 0 Å². The lowest BCUT2D eigenvalue weighted by atomic mass is 10.2. The molecule has 1 heterocycles. The van der Waals surface area contributed by atoms with Crippen LogP contribution in [0.4, 0.5) is 17.1 Å². The van der Waals surface area contributed by atoms with Crippen LogP contribution in [0.5, 0.6) is 5.75 Å². The van der Waals surface area contributed by atoms with Gasteiger partial charge < -0.3 is 15.8 Å². The number of rotatable bonds is 3. The molecule has 0 radical (unpaired) electrons. The Hall–Kier alpha value is -2.27. The summed E-state index contributed by atoms with van der Waals surface area (Å²) >= 11 is 1.58. The van der Waals surface area contributed by atoms with Gasteiger partial charge in [0.05, 0.1) is 28.7 Å². The molecule has 4 nitrogen and oxygen atoms in total. The van der Waals surface area contributed by atoms with Crippen LogP contribution < -0.4 is 15.8 Å². The molecule has 0 saturated carbocycles. The Morgan fingerprint density at radius 3 is 3.00 bits per heavy atom. The molecular formula is C14H13N3OS. The monoisotopic (exact) mass is 271 g/mol. The van der Waals surface area contributed by atoms with Crippen molar-refractivity contribution < 1.29 is 4.74 Å². The minimum atomic E-state index is 0.668. The van der Waals surface area contributed by atoms with Crippen molar-refractivity contribution in [1.82, 2.24) is 4.98 Å². The summed E-state index contributed by atoms with van der Waals surface area (Å²) in [6, 6.07) is 11.7. The quantitative estimate of drug-likeness (QED) is 0.714. The average Bonchev–Trinajstić information content (AvgIpc) is 2.91. The zero-order valence-electron chi connectivity index (χ0n) is 10.4. The summed E-state index contributed by atoms with van der Waals surface area (Å²) in [6.45, 7) is 0. The fourth-order valence-corrected chi connectivity index (χ4v) is 2.61. The van der Waals surface area contributed by atoms with Gasteiger partial charge in [-0.1, -0.05) is 6.07 Å². The minimum absolute atomic E-state index is 0.668. The van der Waals surface area contributed by atoms with E-state index < -0.39 is 0 Å². The number of nitrogens with one attached hydrogen (secondary N) is 1. The van der Waals surface area contributed by atoms with Crippen molar-refractivity contribution in [2.45, 2.75) is 0 Å². The molecule has 0 aliphatic carbocycles. The Labute approximate surface area is 114 Å². The van der Waals surface area contributed by atoms with Gasteiger partial charge in [-0.3, -0.25) is 0 Å². The Bertz CT molecular complexity index is 724. The van der Waals surface area contributed by atoms with E-state index in [1.54, 1.807) is 24.0 Å². The summed E-state index contributed by atoms with van der Waals surface area (Å²) in [7, 11) is 1.65. The van der Waals surface area contributed by atoms with Gasteiger partial charge in [0.1, 0.15) is 11.3 Å². The van der Waals surface area contributed by atoms with E-state index in [1.807, 2.05) is 36.4 Å². The second kappa shape index (κ2) is 4.78. The molecule has 2 aromatic carbocycles. The number of methoxy groups -OCH3 is 1. The highest BCUT2D eigenvalue weighted by Gasteiger charge is 2.07. The number of thiazole rings is 1. The molecule has 96 valence electrons. The van der Waals surface area contributed by atoms with Crippen LogP contribution in [0.25, 0.3) is 10.2 Å². The molecule has 0 amide bonds. The van der Waals surface area contributed by atoms with Crippen LogP contribution >= 0.6 is 11.3 Å². The molecule has 19 heavy (non-hydrogen) atoms. The van der Waals surface area contributed by atoms with E-state index in [4.69, 9.17) is 10.5 Å². The first-order valence-electron chi connectivity index (χ1n) is 5.80. The van der Waals surface area contributed by atoms with E-state index in [0.29, 0.717) is 5.69 Å². The number of aromatic nitrogens is 1. The number of fused-ring (bicyclic) bond motifs is 1. The van der Waals surface area contributed by atoms with Crippen LogP contribution in [0.15, 0.2) is 41.9 Å². The number of anilines is 3. The topological polar surface area (TPSA) is 60.2 Å². The van der Waals surface area contributed by atoms with Crippen molar-refractivity contribution in [3.05, 3.63) is 41.9 Å². The molecule has 3 N–H and O–H groups in total. The van der Waals surface area contributed by atoms with E-state index in [0.717, 1.165) is 27.3 Å². The standard InChI is InChI=1S/C14H13N3OS/c1-18-10-4-2-3-9(7-10)17-11-5-6-12-14(13(11)15)16-8-19-12/h2-8,17H,15H2,1H3. The Morgan fingerprint density at radius 2 is 2.16 bits per heavy atom. The first kappa shape index (κ1) is 11.8. The highest BCUT2D eigenvalue weighted by molar-refractivity contribution is 7.16. The van der Waals surface area contributed by atoms with Crippen molar-refractivity contribution in [2.75, 3.05) is 18.2 Å². The molecule has 0 saturated heterocycles. The van der Waals surface area contributed by atoms with Crippen molar-refractivity contribution in [2.24, 2.45) is 0 Å². The first-order chi connectivity index (χ1) is 9.28. The smallest absolute Gasteiger partial charge is 0.120 e. The fourth-order valence-electron chi connectivity index (χ4n) is 1.92. The molecule has 0 bridgehead atoms. The molecule has 3 aromatic rings. The number of benzene rings is 2. The van der Waals surface area contributed by atoms with E-state index in [-0.39, 0.29) is 0 Å². The lowest BCUT2D eigenvalue weighted by molar-refractivity contribution is 0.415. The number of nitrogens with zero attached hydrogens (tertiary/aromatic N) is 1. The van der Waals surface area contributed by atoms with Crippen LogP contribution in [0.3, 0.4) is 0 Å². The molecule has 0 spiro atoms. The summed E-state index contributed by atoms with van der Waals surface area (Å²) in [4.78, 5) is 4.28. The summed E-state index contributed by atoms with van der Waals surface area (Å²) in [5.41, 5.74) is 11.2. The van der Waals surface area contributed by atoms with Gasteiger partial charge in [0.15, 0.2) is 0 Å². The molecule has 0 atom stereocenters. The summed E-state index contributed by atoms with van der Waals surface area (Å²) in [6.07, 6.45) is 0. The number of ether oxygens (including phenoxy) is 1. The maximum atomic E-state index is 6.13. The van der Waals surface area contributed by atoms with Gasteiger partial charge in [-0.15, -0.1) is 11.3 Å². The molecule has 5 heteroatoms. The second-order valence-corrected chi connectivity index (χ2v) is 4.97.